The van der Waals surface area contributed by atoms with Crippen LogP contribution in [0.3, 0.4) is 0 Å². The van der Waals surface area contributed by atoms with Gasteiger partial charge in [0.05, 0.1) is 6.04 Å². The number of pyridine rings is 1. The molecule has 1 N–H and O–H groups in total. The first kappa shape index (κ1) is 13.2. The van der Waals surface area contributed by atoms with E-state index in [0.717, 1.165) is 6.54 Å². The molecule has 0 saturated carbocycles. The summed E-state index contributed by atoms with van der Waals surface area (Å²) in [5.41, 5.74) is 1.33. The van der Waals surface area contributed by atoms with Crippen molar-refractivity contribution in [1.82, 2.24) is 20.1 Å². The summed E-state index contributed by atoms with van der Waals surface area (Å²) < 4.78 is 0. The minimum Gasteiger partial charge on any atom is -0.312 e. The normalized spacial score (nSPS) is 29.7. The number of aromatic nitrogens is 1. The van der Waals surface area contributed by atoms with E-state index in [0.29, 0.717) is 12.1 Å². The van der Waals surface area contributed by atoms with Crippen molar-refractivity contribution in [1.29, 1.82) is 0 Å². The Balaban J connectivity index is 1.75. The lowest BCUT2D eigenvalue weighted by Crippen LogP contribution is -2.63. The van der Waals surface area contributed by atoms with E-state index in [1.807, 2.05) is 12.4 Å². The number of rotatable bonds is 3. The highest BCUT2D eigenvalue weighted by molar-refractivity contribution is 5.85. The van der Waals surface area contributed by atoms with Crippen LogP contribution in [0.4, 0.5) is 0 Å². The molecule has 3 fully saturated rings. The van der Waals surface area contributed by atoms with Crippen LogP contribution in [0.1, 0.15) is 11.6 Å². The maximum atomic E-state index is 4.47. The zero-order chi connectivity index (χ0) is 14.2. The molecule has 3 aliphatic rings. The Labute approximate surface area is 125 Å². The number of hydrogen-bond acceptors (Lipinski definition) is 4. The molecule has 4 heteroatoms. The first-order valence-electron chi connectivity index (χ1n) is 7.83. The fraction of sp³-hybridized carbons (Fsp3) is 0.471. The van der Waals surface area contributed by atoms with E-state index in [4.69, 9.17) is 0 Å². The average Bonchev–Trinajstić information content (AvgIpc) is 2.57. The van der Waals surface area contributed by atoms with E-state index >= 15 is 0 Å². The fourth-order valence-electron chi connectivity index (χ4n) is 3.92. The smallest absolute Gasteiger partial charge is 0.0509 e. The second-order valence-electron chi connectivity index (χ2n) is 6.12. The van der Waals surface area contributed by atoms with Crippen LogP contribution in [-0.4, -0.2) is 60.6 Å². The van der Waals surface area contributed by atoms with Gasteiger partial charge in [-0.3, -0.25) is 14.8 Å². The summed E-state index contributed by atoms with van der Waals surface area (Å²) in [6.45, 7) is 6.00. The van der Waals surface area contributed by atoms with Gasteiger partial charge in [-0.2, -0.15) is 0 Å². The third-order valence-electron chi connectivity index (χ3n) is 5.05. The van der Waals surface area contributed by atoms with E-state index in [9.17, 15) is 0 Å². The van der Waals surface area contributed by atoms with Gasteiger partial charge < -0.3 is 5.32 Å². The number of likely N-dealkylation sites (N-methyl/N-ethyl adjacent to an activating group) is 1. The van der Waals surface area contributed by atoms with E-state index in [1.165, 1.54) is 42.5 Å². The van der Waals surface area contributed by atoms with Crippen molar-refractivity contribution >= 4 is 10.8 Å². The van der Waals surface area contributed by atoms with Crippen molar-refractivity contribution in [3.63, 3.8) is 0 Å². The highest BCUT2D eigenvalue weighted by Gasteiger charge is 2.37. The summed E-state index contributed by atoms with van der Waals surface area (Å²) >= 11 is 0. The van der Waals surface area contributed by atoms with Crippen molar-refractivity contribution in [2.24, 2.45) is 0 Å². The molecule has 3 saturated heterocycles. The van der Waals surface area contributed by atoms with Gasteiger partial charge in [0, 0.05) is 56.5 Å². The average molecular weight is 282 g/mol. The van der Waals surface area contributed by atoms with Crippen LogP contribution < -0.4 is 5.32 Å². The van der Waals surface area contributed by atoms with Gasteiger partial charge in [-0.25, -0.2) is 0 Å². The van der Waals surface area contributed by atoms with Crippen LogP contribution in [0.25, 0.3) is 10.8 Å². The largest absolute Gasteiger partial charge is 0.312 e. The molecule has 2 atom stereocenters. The van der Waals surface area contributed by atoms with Crippen LogP contribution in [0.2, 0.25) is 0 Å². The predicted molar refractivity (Wildman–Crippen MR) is 85.3 cm³/mol. The van der Waals surface area contributed by atoms with Crippen LogP contribution in [0.5, 0.6) is 0 Å². The van der Waals surface area contributed by atoms with E-state index in [-0.39, 0.29) is 0 Å². The SMILES string of the molecule is CNC(c1cncc2ccccc12)C1CN2CCN1CC2. The van der Waals surface area contributed by atoms with Crippen LogP contribution in [0, 0.1) is 0 Å². The topological polar surface area (TPSA) is 31.4 Å². The van der Waals surface area contributed by atoms with Gasteiger partial charge in [-0.1, -0.05) is 24.3 Å². The van der Waals surface area contributed by atoms with Crippen molar-refractivity contribution < 1.29 is 0 Å². The Hall–Kier alpha value is -1.49. The predicted octanol–water partition coefficient (Wildman–Crippen LogP) is 1.50. The second-order valence-corrected chi connectivity index (χ2v) is 6.12. The van der Waals surface area contributed by atoms with E-state index < -0.39 is 0 Å². The summed E-state index contributed by atoms with van der Waals surface area (Å²) in [6, 6.07) is 9.45. The molecule has 2 aromatic rings. The molecule has 0 radical (unpaired) electrons. The highest BCUT2D eigenvalue weighted by atomic mass is 15.4. The molecule has 0 aliphatic carbocycles. The molecule has 0 spiro atoms. The standard InChI is InChI=1S/C17H22N4/c1-18-17(16-12-20-6-8-21(16)9-7-20)15-11-19-10-13-4-2-3-5-14(13)15/h2-5,10-11,16-18H,6-9,12H2,1H3. The maximum Gasteiger partial charge on any atom is 0.0509 e. The van der Waals surface area contributed by atoms with Gasteiger partial charge in [0.2, 0.25) is 0 Å². The van der Waals surface area contributed by atoms with E-state index in [1.54, 1.807) is 0 Å². The maximum absolute atomic E-state index is 4.47. The molecular formula is C17H22N4. The van der Waals surface area contributed by atoms with Crippen molar-refractivity contribution in [3.05, 3.63) is 42.2 Å². The first-order chi connectivity index (χ1) is 10.4. The first-order valence-corrected chi connectivity index (χ1v) is 7.83. The molecule has 5 rings (SSSR count). The summed E-state index contributed by atoms with van der Waals surface area (Å²) in [5.74, 6) is 0. The quantitative estimate of drug-likeness (QED) is 0.924. The number of hydrogen-bond donors (Lipinski definition) is 1. The Bertz CT molecular complexity index is 628. The van der Waals surface area contributed by atoms with Crippen molar-refractivity contribution in [2.45, 2.75) is 12.1 Å². The van der Waals surface area contributed by atoms with Gasteiger partial charge >= 0.3 is 0 Å². The summed E-state index contributed by atoms with van der Waals surface area (Å²) in [6.07, 6.45) is 4.00. The number of benzene rings is 1. The number of nitrogens with zero attached hydrogens (tertiary/aromatic N) is 3. The van der Waals surface area contributed by atoms with Crippen molar-refractivity contribution in [2.75, 3.05) is 39.8 Å². The van der Waals surface area contributed by atoms with Crippen LogP contribution in [0.15, 0.2) is 36.7 Å². The molecule has 1 aromatic carbocycles. The molecule has 21 heavy (non-hydrogen) atoms. The molecule has 1 aromatic heterocycles. The fourth-order valence-corrected chi connectivity index (χ4v) is 3.92. The van der Waals surface area contributed by atoms with Crippen molar-refractivity contribution in [3.8, 4) is 0 Å². The molecule has 4 heterocycles. The number of piperazine rings is 3. The molecule has 0 amide bonds. The van der Waals surface area contributed by atoms with Gasteiger partial charge in [-0.05, 0) is 18.0 Å². The Kier molecular flexibility index (Phi) is 3.37. The van der Waals surface area contributed by atoms with Crippen LogP contribution >= 0.6 is 0 Å². The van der Waals surface area contributed by atoms with Crippen LogP contribution in [-0.2, 0) is 0 Å². The van der Waals surface area contributed by atoms with Gasteiger partial charge in [-0.15, -0.1) is 0 Å². The summed E-state index contributed by atoms with van der Waals surface area (Å²) in [4.78, 5) is 9.70. The minimum absolute atomic E-state index is 0.340. The third kappa shape index (κ3) is 2.24. The molecular weight excluding hydrogens is 260 g/mol. The lowest BCUT2D eigenvalue weighted by molar-refractivity contribution is -0.00237. The summed E-state index contributed by atoms with van der Waals surface area (Å²) in [7, 11) is 2.07. The molecule has 2 bridgehead atoms. The van der Waals surface area contributed by atoms with E-state index in [2.05, 4.69) is 51.4 Å². The Morgan fingerprint density at radius 3 is 2.67 bits per heavy atom. The van der Waals surface area contributed by atoms with Gasteiger partial charge in [0.1, 0.15) is 0 Å². The highest BCUT2D eigenvalue weighted by Crippen LogP contribution is 2.30. The zero-order valence-corrected chi connectivity index (χ0v) is 12.5. The molecule has 3 aliphatic heterocycles. The minimum atomic E-state index is 0.340. The molecule has 2 unspecified atom stereocenters. The lowest BCUT2D eigenvalue weighted by Gasteiger charge is -2.50. The number of nitrogens with one attached hydrogen (secondary N) is 1. The van der Waals surface area contributed by atoms with Gasteiger partial charge in [0.15, 0.2) is 0 Å². The van der Waals surface area contributed by atoms with Gasteiger partial charge in [0.25, 0.3) is 0 Å². The number of fused-ring (bicyclic) bond motifs is 4. The molecule has 4 nitrogen and oxygen atoms in total. The Morgan fingerprint density at radius 2 is 1.95 bits per heavy atom. The Morgan fingerprint density at radius 1 is 1.14 bits per heavy atom. The summed E-state index contributed by atoms with van der Waals surface area (Å²) in [5, 5.41) is 6.11. The lowest BCUT2D eigenvalue weighted by atomic mass is 9.92. The third-order valence-corrected chi connectivity index (χ3v) is 5.05. The zero-order valence-electron chi connectivity index (χ0n) is 12.5. The monoisotopic (exact) mass is 282 g/mol. The molecule has 110 valence electrons. The second kappa shape index (κ2) is 5.37.